The van der Waals surface area contributed by atoms with Crippen molar-refractivity contribution in [3.05, 3.63) is 22.4 Å². The number of hydrogen-bond donors (Lipinski definition) is 1. The molecule has 1 aliphatic rings. The number of nitrogens with one attached hydrogen (secondary N) is 1. The summed E-state index contributed by atoms with van der Waals surface area (Å²) in [6.07, 6.45) is 1.22. The molecule has 5 nitrogen and oxygen atoms in total. The molecule has 0 saturated carbocycles. The van der Waals surface area contributed by atoms with Crippen molar-refractivity contribution in [2.45, 2.75) is 19.0 Å². The quantitative estimate of drug-likeness (QED) is 0.879. The topological polar surface area (TPSA) is 52.7 Å². The minimum absolute atomic E-state index is 0.110. The number of sulfonamides is 1. The van der Waals surface area contributed by atoms with Crippen LogP contribution >= 0.6 is 11.3 Å². The summed E-state index contributed by atoms with van der Waals surface area (Å²) < 4.78 is 25.8. The molecule has 0 bridgehead atoms. The molecule has 0 aromatic carbocycles. The highest BCUT2D eigenvalue weighted by molar-refractivity contribution is 7.88. The molecule has 2 heterocycles. The molecule has 1 aliphatic heterocycles. The van der Waals surface area contributed by atoms with Crippen molar-refractivity contribution >= 4 is 21.4 Å². The molecule has 7 heteroatoms. The SMILES string of the molecule is C[C@H](NS(C)(=O)=O)[C@@H](c1cccs1)N1CCN(C)CC1. The van der Waals surface area contributed by atoms with E-state index in [-0.39, 0.29) is 12.1 Å². The van der Waals surface area contributed by atoms with Crippen LogP contribution in [0.3, 0.4) is 0 Å². The van der Waals surface area contributed by atoms with Gasteiger partial charge >= 0.3 is 0 Å². The zero-order valence-electron chi connectivity index (χ0n) is 12.2. The Kier molecular flexibility index (Phi) is 5.19. The zero-order valence-corrected chi connectivity index (χ0v) is 13.9. The molecule has 1 aromatic rings. The lowest BCUT2D eigenvalue weighted by Gasteiger charge is -2.40. The van der Waals surface area contributed by atoms with Crippen LogP contribution in [0.2, 0.25) is 0 Å². The Labute approximate surface area is 125 Å². The molecule has 114 valence electrons. The van der Waals surface area contributed by atoms with Gasteiger partial charge in [0.2, 0.25) is 10.0 Å². The maximum absolute atomic E-state index is 11.5. The standard InChI is InChI=1S/C13H23N3O2S2/c1-11(14-20(3,17)18)13(12-5-4-10-19-12)16-8-6-15(2)7-9-16/h4-5,10-11,13-14H,6-9H2,1-3H3/t11-,13-/m0/s1. The van der Waals surface area contributed by atoms with Crippen molar-refractivity contribution in [1.82, 2.24) is 14.5 Å². The molecule has 2 atom stereocenters. The molecule has 20 heavy (non-hydrogen) atoms. The van der Waals surface area contributed by atoms with E-state index in [2.05, 4.69) is 27.6 Å². The van der Waals surface area contributed by atoms with Gasteiger partial charge in [-0.3, -0.25) is 4.90 Å². The van der Waals surface area contributed by atoms with E-state index in [4.69, 9.17) is 0 Å². The Bertz CT molecular complexity index is 508. The van der Waals surface area contributed by atoms with Crippen LogP contribution < -0.4 is 4.72 Å². The highest BCUT2D eigenvalue weighted by Crippen LogP contribution is 2.29. The van der Waals surface area contributed by atoms with Crippen LogP contribution in [0.15, 0.2) is 17.5 Å². The summed E-state index contributed by atoms with van der Waals surface area (Å²) in [5.41, 5.74) is 0. The van der Waals surface area contributed by atoms with Crippen molar-refractivity contribution in [3.8, 4) is 0 Å². The van der Waals surface area contributed by atoms with Crippen LogP contribution in [0.4, 0.5) is 0 Å². The minimum Gasteiger partial charge on any atom is -0.304 e. The van der Waals surface area contributed by atoms with Gasteiger partial charge in [-0.05, 0) is 25.4 Å². The van der Waals surface area contributed by atoms with Crippen molar-refractivity contribution in [2.24, 2.45) is 0 Å². The number of piperazine rings is 1. The van der Waals surface area contributed by atoms with Crippen molar-refractivity contribution in [2.75, 3.05) is 39.5 Å². The summed E-state index contributed by atoms with van der Waals surface area (Å²) in [5, 5.41) is 2.05. The van der Waals surface area contributed by atoms with Gasteiger partial charge in [-0.15, -0.1) is 11.3 Å². The Morgan fingerprint density at radius 2 is 1.95 bits per heavy atom. The molecule has 0 radical (unpaired) electrons. The predicted octanol–water partition coefficient (Wildman–Crippen LogP) is 0.974. The fourth-order valence-electron chi connectivity index (χ4n) is 2.70. The lowest BCUT2D eigenvalue weighted by molar-refractivity contribution is 0.0995. The van der Waals surface area contributed by atoms with Gasteiger partial charge in [-0.25, -0.2) is 13.1 Å². The lowest BCUT2D eigenvalue weighted by Crippen LogP contribution is -2.51. The third kappa shape index (κ3) is 4.26. The summed E-state index contributed by atoms with van der Waals surface area (Å²) >= 11 is 1.69. The first-order valence-electron chi connectivity index (χ1n) is 6.80. The number of nitrogens with zero attached hydrogens (tertiary/aromatic N) is 2. The average Bonchev–Trinajstić information content (AvgIpc) is 2.83. The minimum atomic E-state index is -3.19. The second kappa shape index (κ2) is 6.53. The number of hydrogen-bond acceptors (Lipinski definition) is 5. The Morgan fingerprint density at radius 3 is 2.45 bits per heavy atom. The van der Waals surface area contributed by atoms with E-state index >= 15 is 0 Å². The summed E-state index contributed by atoms with van der Waals surface area (Å²) in [6.45, 7) is 5.92. The van der Waals surface area contributed by atoms with Crippen LogP contribution in [0, 0.1) is 0 Å². The van der Waals surface area contributed by atoms with Crippen LogP contribution in [0.25, 0.3) is 0 Å². The number of likely N-dealkylation sites (N-methyl/N-ethyl adjacent to an activating group) is 1. The van der Waals surface area contributed by atoms with Gasteiger partial charge in [-0.1, -0.05) is 6.07 Å². The van der Waals surface area contributed by atoms with Crippen LogP contribution in [-0.2, 0) is 10.0 Å². The molecule has 0 aliphatic carbocycles. The van der Waals surface area contributed by atoms with Gasteiger partial charge in [0.15, 0.2) is 0 Å². The zero-order chi connectivity index (χ0) is 14.8. The van der Waals surface area contributed by atoms with Crippen molar-refractivity contribution in [3.63, 3.8) is 0 Å². The molecule has 0 unspecified atom stereocenters. The largest absolute Gasteiger partial charge is 0.304 e. The van der Waals surface area contributed by atoms with Gasteiger partial charge in [0.25, 0.3) is 0 Å². The molecule has 1 saturated heterocycles. The average molecular weight is 317 g/mol. The van der Waals surface area contributed by atoms with Crippen LogP contribution in [-0.4, -0.2) is 63.7 Å². The Hall–Kier alpha value is -0.470. The summed E-state index contributed by atoms with van der Waals surface area (Å²) in [4.78, 5) is 5.91. The van der Waals surface area contributed by atoms with E-state index in [1.807, 2.05) is 18.4 Å². The van der Waals surface area contributed by atoms with Gasteiger partial charge in [0, 0.05) is 37.1 Å². The van der Waals surface area contributed by atoms with Crippen LogP contribution in [0.5, 0.6) is 0 Å². The molecule has 0 amide bonds. The highest BCUT2D eigenvalue weighted by Gasteiger charge is 2.30. The third-order valence-corrected chi connectivity index (χ3v) is 5.38. The lowest BCUT2D eigenvalue weighted by atomic mass is 10.1. The van der Waals surface area contributed by atoms with Gasteiger partial charge < -0.3 is 4.90 Å². The second-order valence-corrected chi connectivity index (χ2v) is 8.24. The summed E-state index contributed by atoms with van der Waals surface area (Å²) in [5.74, 6) is 0. The Morgan fingerprint density at radius 1 is 1.30 bits per heavy atom. The molecule has 0 spiro atoms. The van der Waals surface area contributed by atoms with E-state index in [0.29, 0.717) is 0 Å². The molecule has 2 rings (SSSR count). The predicted molar refractivity (Wildman–Crippen MR) is 83.6 cm³/mol. The summed E-state index contributed by atoms with van der Waals surface area (Å²) in [7, 11) is -1.07. The van der Waals surface area contributed by atoms with Gasteiger partial charge in [-0.2, -0.15) is 0 Å². The Balaban J connectivity index is 2.17. The smallest absolute Gasteiger partial charge is 0.209 e. The number of rotatable bonds is 5. The van der Waals surface area contributed by atoms with E-state index in [1.165, 1.54) is 11.1 Å². The maximum atomic E-state index is 11.5. The molecule has 1 N–H and O–H groups in total. The first-order chi connectivity index (χ1) is 9.37. The molecular weight excluding hydrogens is 294 g/mol. The van der Waals surface area contributed by atoms with Crippen molar-refractivity contribution < 1.29 is 8.42 Å². The fraction of sp³-hybridized carbons (Fsp3) is 0.692. The normalized spacial score (nSPS) is 21.8. The van der Waals surface area contributed by atoms with E-state index in [0.717, 1.165) is 26.2 Å². The maximum Gasteiger partial charge on any atom is 0.209 e. The highest BCUT2D eigenvalue weighted by atomic mass is 32.2. The fourth-order valence-corrected chi connectivity index (χ4v) is 4.47. The molecule has 1 aromatic heterocycles. The number of thiophene rings is 1. The van der Waals surface area contributed by atoms with E-state index in [9.17, 15) is 8.42 Å². The van der Waals surface area contributed by atoms with Crippen molar-refractivity contribution in [1.29, 1.82) is 0 Å². The van der Waals surface area contributed by atoms with Crippen LogP contribution in [0.1, 0.15) is 17.8 Å². The van der Waals surface area contributed by atoms with Gasteiger partial charge in [0.1, 0.15) is 0 Å². The van der Waals surface area contributed by atoms with E-state index < -0.39 is 10.0 Å². The second-order valence-electron chi connectivity index (χ2n) is 5.48. The summed E-state index contributed by atoms with van der Waals surface area (Å²) in [6, 6.07) is 4.09. The molecule has 1 fully saturated rings. The van der Waals surface area contributed by atoms with E-state index in [1.54, 1.807) is 11.3 Å². The first-order valence-corrected chi connectivity index (χ1v) is 9.57. The molecular formula is C13H23N3O2S2. The monoisotopic (exact) mass is 317 g/mol. The third-order valence-electron chi connectivity index (χ3n) is 3.64. The first kappa shape index (κ1) is 15.9. The van der Waals surface area contributed by atoms with Gasteiger partial charge in [0.05, 0.1) is 12.3 Å².